The molecular formula is C11H13BrN2O2S2. The molecule has 0 saturated heterocycles. The molecule has 0 spiro atoms. The smallest absolute Gasteiger partial charge is 0.184 e. The van der Waals surface area contributed by atoms with Gasteiger partial charge in [-0.2, -0.15) is 0 Å². The highest BCUT2D eigenvalue weighted by Gasteiger charge is 2.12. The van der Waals surface area contributed by atoms with Crippen LogP contribution in [0.1, 0.15) is 6.92 Å². The van der Waals surface area contributed by atoms with Gasteiger partial charge >= 0.3 is 0 Å². The lowest BCUT2D eigenvalue weighted by Gasteiger charge is -2.10. The highest BCUT2D eigenvalue weighted by atomic mass is 79.9. The van der Waals surface area contributed by atoms with E-state index in [0.29, 0.717) is 0 Å². The molecule has 2 aromatic rings. The Hall–Kier alpha value is -0.660. The van der Waals surface area contributed by atoms with E-state index in [-0.39, 0.29) is 11.8 Å². The zero-order valence-electron chi connectivity index (χ0n) is 9.97. The van der Waals surface area contributed by atoms with Crippen LogP contribution in [0, 0.1) is 0 Å². The minimum absolute atomic E-state index is 0.104. The van der Waals surface area contributed by atoms with E-state index < -0.39 is 9.84 Å². The molecule has 18 heavy (non-hydrogen) atoms. The average molecular weight is 349 g/mol. The number of rotatable bonds is 4. The summed E-state index contributed by atoms with van der Waals surface area (Å²) in [4.78, 5) is 4.43. The lowest BCUT2D eigenvalue weighted by atomic mass is 10.3. The molecule has 0 radical (unpaired) electrons. The fourth-order valence-corrected chi connectivity index (χ4v) is 3.97. The molecule has 0 bridgehead atoms. The van der Waals surface area contributed by atoms with Crippen LogP contribution < -0.4 is 5.32 Å². The summed E-state index contributed by atoms with van der Waals surface area (Å²) in [6.07, 6.45) is 1.24. The summed E-state index contributed by atoms with van der Waals surface area (Å²) in [5.41, 5.74) is 0.906. The zero-order valence-corrected chi connectivity index (χ0v) is 13.2. The van der Waals surface area contributed by atoms with Gasteiger partial charge in [0, 0.05) is 16.8 Å². The maximum Gasteiger partial charge on any atom is 0.184 e. The number of fused-ring (bicyclic) bond motifs is 1. The molecule has 0 aliphatic rings. The van der Waals surface area contributed by atoms with Crippen LogP contribution in [-0.4, -0.2) is 31.5 Å². The molecule has 1 aromatic carbocycles. The van der Waals surface area contributed by atoms with Crippen LogP contribution in [0.3, 0.4) is 0 Å². The Kier molecular flexibility index (Phi) is 3.93. The predicted molar refractivity (Wildman–Crippen MR) is 80.1 cm³/mol. The largest absolute Gasteiger partial charge is 0.358 e. The van der Waals surface area contributed by atoms with Crippen LogP contribution >= 0.6 is 27.3 Å². The molecule has 0 amide bonds. The van der Waals surface area contributed by atoms with Crippen LogP contribution in [0.5, 0.6) is 0 Å². The maximum atomic E-state index is 11.2. The van der Waals surface area contributed by atoms with Gasteiger partial charge in [0.1, 0.15) is 9.84 Å². The first kappa shape index (κ1) is 13.8. The third-order valence-electron chi connectivity index (χ3n) is 2.27. The van der Waals surface area contributed by atoms with Crippen molar-refractivity contribution in [3.05, 3.63) is 22.7 Å². The van der Waals surface area contributed by atoms with Crippen molar-refractivity contribution in [1.29, 1.82) is 0 Å². The predicted octanol–water partition coefficient (Wildman–Crippen LogP) is 2.90. The molecule has 1 aromatic heterocycles. The molecule has 1 atom stereocenters. The number of aromatic nitrogens is 1. The number of halogens is 1. The van der Waals surface area contributed by atoms with Crippen molar-refractivity contribution < 1.29 is 8.42 Å². The third-order valence-corrected chi connectivity index (χ3v) is 4.84. The Morgan fingerprint density at radius 1 is 1.50 bits per heavy atom. The van der Waals surface area contributed by atoms with Gasteiger partial charge in [-0.25, -0.2) is 13.4 Å². The summed E-state index contributed by atoms with van der Waals surface area (Å²) in [6.45, 7) is 1.84. The van der Waals surface area contributed by atoms with Crippen molar-refractivity contribution in [3.8, 4) is 0 Å². The maximum absolute atomic E-state index is 11.2. The molecule has 4 nitrogen and oxygen atoms in total. The first-order valence-corrected chi connectivity index (χ1v) is 9.01. The SMILES string of the molecule is CC(CS(C)(=O)=O)Nc1nc2cc(Br)ccc2s1. The molecule has 1 N–H and O–H groups in total. The van der Waals surface area contributed by atoms with E-state index in [1.807, 2.05) is 25.1 Å². The van der Waals surface area contributed by atoms with E-state index >= 15 is 0 Å². The second-order valence-electron chi connectivity index (χ2n) is 4.27. The lowest BCUT2D eigenvalue weighted by Crippen LogP contribution is -2.24. The van der Waals surface area contributed by atoms with E-state index in [9.17, 15) is 8.42 Å². The number of hydrogen-bond acceptors (Lipinski definition) is 5. The third kappa shape index (κ3) is 3.66. The van der Waals surface area contributed by atoms with Gasteiger partial charge in [0.05, 0.1) is 16.0 Å². The molecule has 98 valence electrons. The summed E-state index contributed by atoms with van der Waals surface area (Å²) in [7, 11) is -2.97. The summed E-state index contributed by atoms with van der Waals surface area (Å²) in [5.74, 6) is 0.104. The van der Waals surface area contributed by atoms with Gasteiger partial charge < -0.3 is 5.32 Å². The molecule has 0 aliphatic carbocycles. The number of thiazole rings is 1. The molecule has 0 fully saturated rings. The Bertz CT molecular complexity index is 667. The van der Waals surface area contributed by atoms with Crippen LogP contribution in [0.25, 0.3) is 10.2 Å². The summed E-state index contributed by atoms with van der Waals surface area (Å²) >= 11 is 4.92. The Morgan fingerprint density at radius 2 is 2.22 bits per heavy atom. The van der Waals surface area contributed by atoms with Crippen molar-refractivity contribution in [3.63, 3.8) is 0 Å². The van der Waals surface area contributed by atoms with Crippen molar-refractivity contribution in [2.75, 3.05) is 17.3 Å². The second-order valence-corrected chi connectivity index (χ2v) is 8.40. The Morgan fingerprint density at radius 3 is 2.89 bits per heavy atom. The monoisotopic (exact) mass is 348 g/mol. The molecule has 1 heterocycles. The summed E-state index contributed by atoms with van der Waals surface area (Å²) in [6, 6.07) is 5.75. The Balaban J connectivity index is 2.17. The molecule has 1 unspecified atom stereocenters. The molecule has 7 heteroatoms. The van der Waals surface area contributed by atoms with Crippen molar-refractivity contribution in [2.45, 2.75) is 13.0 Å². The molecule has 0 aliphatic heterocycles. The number of benzene rings is 1. The van der Waals surface area contributed by atoms with Crippen molar-refractivity contribution >= 4 is 52.5 Å². The van der Waals surface area contributed by atoms with Gasteiger partial charge in [-0.05, 0) is 25.1 Å². The zero-order chi connectivity index (χ0) is 13.3. The topological polar surface area (TPSA) is 59.1 Å². The second kappa shape index (κ2) is 5.14. The van der Waals surface area contributed by atoms with E-state index in [4.69, 9.17) is 0 Å². The van der Waals surface area contributed by atoms with Crippen LogP contribution in [0.4, 0.5) is 5.13 Å². The van der Waals surface area contributed by atoms with Gasteiger partial charge in [0.2, 0.25) is 0 Å². The van der Waals surface area contributed by atoms with Gasteiger partial charge in [-0.3, -0.25) is 0 Å². The molecule has 0 saturated carbocycles. The average Bonchev–Trinajstić information content (AvgIpc) is 2.55. The standard InChI is InChI=1S/C11H13BrN2O2S2/c1-7(6-18(2,15)16)13-11-14-9-5-8(12)3-4-10(9)17-11/h3-5,7H,6H2,1-2H3,(H,13,14). The number of nitrogens with one attached hydrogen (secondary N) is 1. The quantitative estimate of drug-likeness (QED) is 0.922. The van der Waals surface area contributed by atoms with E-state index in [2.05, 4.69) is 26.2 Å². The van der Waals surface area contributed by atoms with Gasteiger partial charge in [0.25, 0.3) is 0 Å². The number of sulfone groups is 1. The summed E-state index contributed by atoms with van der Waals surface area (Å²) < 4.78 is 24.4. The van der Waals surface area contributed by atoms with E-state index in [1.54, 1.807) is 0 Å². The van der Waals surface area contributed by atoms with Crippen LogP contribution in [0.2, 0.25) is 0 Å². The van der Waals surface area contributed by atoms with Crippen LogP contribution in [0.15, 0.2) is 22.7 Å². The lowest BCUT2D eigenvalue weighted by molar-refractivity contribution is 0.598. The minimum atomic E-state index is -2.97. The minimum Gasteiger partial charge on any atom is -0.358 e. The number of hydrogen-bond donors (Lipinski definition) is 1. The number of nitrogens with zero attached hydrogens (tertiary/aromatic N) is 1. The molecular weight excluding hydrogens is 336 g/mol. The highest BCUT2D eigenvalue weighted by Crippen LogP contribution is 2.28. The van der Waals surface area contributed by atoms with Gasteiger partial charge in [-0.15, -0.1) is 0 Å². The highest BCUT2D eigenvalue weighted by molar-refractivity contribution is 9.10. The normalized spacial score (nSPS) is 13.7. The summed E-state index contributed by atoms with van der Waals surface area (Å²) in [5, 5.41) is 3.87. The molecule has 2 rings (SSSR count). The van der Waals surface area contributed by atoms with Crippen molar-refractivity contribution in [1.82, 2.24) is 4.98 Å². The first-order chi connectivity index (χ1) is 8.33. The van der Waals surface area contributed by atoms with Gasteiger partial charge in [0.15, 0.2) is 5.13 Å². The van der Waals surface area contributed by atoms with Gasteiger partial charge in [-0.1, -0.05) is 27.3 Å². The van der Waals surface area contributed by atoms with Crippen LogP contribution in [-0.2, 0) is 9.84 Å². The Labute approximate surface area is 118 Å². The fourth-order valence-electron chi connectivity index (χ4n) is 1.67. The first-order valence-electron chi connectivity index (χ1n) is 5.34. The number of anilines is 1. The fraction of sp³-hybridized carbons (Fsp3) is 0.364. The van der Waals surface area contributed by atoms with E-state index in [1.165, 1.54) is 17.6 Å². The van der Waals surface area contributed by atoms with E-state index in [0.717, 1.165) is 19.8 Å². The van der Waals surface area contributed by atoms with Crippen molar-refractivity contribution in [2.24, 2.45) is 0 Å².